The van der Waals surface area contributed by atoms with Gasteiger partial charge in [0.1, 0.15) is 5.69 Å². The SMILES string of the molecule is CC(C)NCc1ncoc1-c1cc(Cl)cc(Cl)c1. The van der Waals surface area contributed by atoms with Crippen LogP contribution in [-0.4, -0.2) is 11.0 Å². The van der Waals surface area contributed by atoms with Crippen molar-refractivity contribution in [1.29, 1.82) is 0 Å². The smallest absolute Gasteiger partial charge is 0.181 e. The molecule has 0 bridgehead atoms. The van der Waals surface area contributed by atoms with E-state index in [1.165, 1.54) is 6.39 Å². The van der Waals surface area contributed by atoms with Crippen molar-refractivity contribution in [3.05, 3.63) is 40.3 Å². The molecule has 96 valence electrons. The second-order valence-electron chi connectivity index (χ2n) is 4.32. The molecule has 0 aliphatic carbocycles. The first kappa shape index (κ1) is 13.4. The normalized spacial score (nSPS) is 11.2. The largest absolute Gasteiger partial charge is 0.443 e. The summed E-state index contributed by atoms with van der Waals surface area (Å²) in [5, 5.41) is 4.46. The summed E-state index contributed by atoms with van der Waals surface area (Å²) >= 11 is 12.0. The fraction of sp³-hybridized carbons (Fsp3) is 0.308. The van der Waals surface area contributed by atoms with E-state index in [1.54, 1.807) is 6.07 Å². The first-order valence-electron chi connectivity index (χ1n) is 5.68. The van der Waals surface area contributed by atoms with Crippen molar-refractivity contribution in [3.8, 4) is 11.3 Å². The van der Waals surface area contributed by atoms with E-state index in [1.807, 2.05) is 12.1 Å². The second kappa shape index (κ2) is 5.74. The molecule has 0 aliphatic rings. The van der Waals surface area contributed by atoms with Crippen LogP contribution in [0.25, 0.3) is 11.3 Å². The van der Waals surface area contributed by atoms with E-state index in [-0.39, 0.29) is 0 Å². The molecule has 2 aromatic rings. The number of rotatable bonds is 4. The number of hydrogen-bond acceptors (Lipinski definition) is 3. The number of benzene rings is 1. The number of oxazole rings is 1. The first-order chi connectivity index (χ1) is 8.56. The Bertz CT molecular complexity index is 517. The predicted octanol–water partition coefficient (Wildman–Crippen LogP) is 4.15. The summed E-state index contributed by atoms with van der Waals surface area (Å²) in [6.07, 6.45) is 1.43. The minimum absolute atomic E-state index is 0.387. The van der Waals surface area contributed by atoms with Crippen LogP contribution < -0.4 is 5.32 Å². The van der Waals surface area contributed by atoms with E-state index in [2.05, 4.69) is 24.1 Å². The maximum absolute atomic E-state index is 5.98. The summed E-state index contributed by atoms with van der Waals surface area (Å²) in [7, 11) is 0. The van der Waals surface area contributed by atoms with Gasteiger partial charge < -0.3 is 9.73 Å². The first-order valence-corrected chi connectivity index (χ1v) is 6.44. The lowest BCUT2D eigenvalue weighted by molar-refractivity contribution is 0.563. The lowest BCUT2D eigenvalue weighted by Crippen LogP contribution is -2.22. The van der Waals surface area contributed by atoms with Crippen LogP contribution in [-0.2, 0) is 6.54 Å². The zero-order valence-electron chi connectivity index (χ0n) is 10.2. The quantitative estimate of drug-likeness (QED) is 0.917. The molecule has 0 saturated heterocycles. The zero-order valence-corrected chi connectivity index (χ0v) is 11.7. The Morgan fingerprint density at radius 2 is 1.89 bits per heavy atom. The van der Waals surface area contributed by atoms with E-state index in [0.717, 1.165) is 11.3 Å². The van der Waals surface area contributed by atoms with Crippen LogP contribution in [0, 0.1) is 0 Å². The fourth-order valence-electron chi connectivity index (χ4n) is 1.62. The highest BCUT2D eigenvalue weighted by molar-refractivity contribution is 6.35. The summed E-state index contributed by atoms with van der Waals surface area (Å²) < 4.78 is 5.42. The Labute approximate surface area is 116 Å². The van der Waals surface area contributed by atoms with Crippen LogP contribution in [0.2, 0.25) is 10.0 Å². The van der Waals surface area contributed by atoms with Crippen molar-refractivity contribution in [1.82, 2.24) is 10.3 Å². The fourth-order valence-corrected chi connectivity index (χ4v) is 2.14. The molecule has 0 amide bonds. The molecule has 0 spiro atoms. The molecule has 2 rings (SSSR count). The lowest BCUT2D eigenvalue weighted by atomic mass is 10.1. The van der Waals surface area contributed by atoms with Crippen molar-refractivity contribution in [2.75, 3.05) is 0 Å². The number of nitrogens with one attached hydrogen (secondary N) is 1. The number of hydrogen-bond donors (Lipinski definition) is 1. The van der Waals surface area contributed by atoms with Gasteiger partial charge in [-0.15, -0.1) is 0 Å². The molecule has 0 unspecified atom stereocenters. The van der Waals surface area contributed by atoms with Gasteiger partial charge in [-0.25, -0.2) is 4.98 Å². The minimum atomic E-state index is 0.387. The van der Waals surface area contributed by atoms with Crippen LogP contribution in [0.4, 0.5) is 0 Å². The summed E-state index contributed by atoms with van der Waals surface area (Å²) in [5.41, 5.74) is 1.69. The number of nitrogens with zero attached hydrogens (tertiary/aromatic N) is 1. The van der Waals surface area contributed by atoms with E-state index >= 15 is 0 Å². The highest BCUT2D eigenvalue weighted by Crippen LogP contribution is 2.29. The highest BCUT2D eigenvalue weighted by Gasteiger charge is 2.12. The van der Waals surface area contributed by atoms with Gasteiger partial charge in [0.25, 0.3) is 0 Å². The molecule has 0 fully saturated rings. The molecule has 3 nitrogen and oxygen atoms in total. The summed E-state index contributed by atoms with van der Waals surface area (Å²) in [6, 6.07) is 5.70. The van der Waals surface area contributed by atoms with Crippen LogP contribution in [0.1, 0.15) is 19.5 Å². The molecule has 1 heterocycles. The van der Waals surface area contributed by atoms with Gasteiger partial charge >= 0.3 is 0 Å². The van der Waals surface area contributed by atoms with Gasteiger partial charge in [-0.2, -0.15) is 0 Å². The highest BCUT2D eigenvalue weighted by atomic mass is 35.5. The van der Waals surface area contributed by atoms with E-state index in [0.29, 0.717) is 28.4 Å². The third-order valence-electron chi connectivity index (χ3n) is 2.44. The maximum atomic E-state index is 5.98. The molecule has 0 atom stereocenters. The van der Waals surface area contributed by atoms with Crippen LogP contribution in [0.3, 0.4) is 0 Å². The monoisotopic (exact) mass is 284 g/mol. The van der Waals surface area contributed by atoms with Gasteiger partial charge in [0.05, 0.1) is 0 Å². The number of halogens is 2. The Morgan fingerprint density at radius 3 is 2.50 bits per heavy atom. The second-order valence-corrected chi connectivity index (χ2v) is 5.19. The Hall–Kier alpha value is -1.03. The third-order valence-corrected chi connectivity index (χ3v) is 2.88. The third kappa shape index (κ3) is 3.25. The molecule has 5 heteroatoms. The molecule has 1 N–H and O–H groups in total. The van der Waals surface area contributed by atoms with Crippen molar-refractivity contribution >= 4 is 23.2 Å². The maximum Gasteiger partial charge on any atom is 0.181 e. The van der Waals surface area contributed by atoms with Crippen molar-refractivity contribution in [2.45, 2.75) is 26.4 Å². The lowest BCUT2D eigenvalue weighted by Gasteiger charge is -2.07. The molecule has 18 heavy (non-hydrogen) atoms. The molecular weight excluding hydrogens is 271 g/mol. The molecule has 0 radical (unpaired) electrons. The number of aromatic nitrogens is 1. The van der Waals surface area contributed by atoms with Gasteiger partial charge in [0, 0.05) is 28.2 Å². The Kier molecular flexibility index (Phi) is 4.27. The van der Waals surface area contributed by atoms with Crippen LogP contribution in [0.15, 0.2) is 29.0 Å². The standard InChI is InChI=1S/C13H14Cl2N2O/c1-8(2)16-6-12-13(18-7-17-12)9-3-10(14)5-11(15)4-9/h3-5,7-8,16H,6H2,1-2H3. The molecule has 1 aromatic carbocycles. The van der Waals surface area contributed by atoms with Gasteiger partial charge in [-0.3, -0.25) is 0 Å². The van der Waals surface area contributed by atoms with E-state index < -0.39 is 0 Å². The van der Waals surface area contributed by atoms with E-state index in [4.69, 9.17) is 27.6 Å². The van der Waals surface area contributed by atoms with Crippen LogP contribution in [0.5, 0.6) is 0 Å². The van der Waals surface area contributed by atoms with Crippen LogP contribution >= 0.6 is 23.2 Å². The predicted molar refractivity (Wildman–Crippen MR) is 73.9 cm³/mol. The van der Waals surface area contributed by atoms with Crippen molar-refractivity contribution in [2.24, 2.45) is 0 Å². The van der Waals surface area contributed by atoms with Gasteiger partial charge in [0.15, 0.2) is 12.2 Å². The van der Waals surface area contributed by atoms with Crippen molar-refractivity contribution < 1.29 is 4.42 Å². The Morgan fingerprint density at radius 1 is 1.22 bits per heavy atom. The molecule has 1 aromatic heterocycles. The summed E-state index contributed by atoms with van der Waals surface area (Å²) in [4.78, 5) is 4.21. The van der Waals surface area contributed by atoms with E-state index in [9.17, 15) is 0 Å². The Balaban J connectivity index is 2.30. The van der Waals surface area contributed by atoms with Gasteiger partial charge in [0.2, 0.25) is 0 Å². The summed E-state index contributed by atoms with van der Waals surface area (Å²) in [5.74, 6) is 0.701. The zero-order chi connectivity index (χ0) is 13.1. The van der Waals surface area contributed by atoms with Gasteiger partial charge in [-0.05, 0) is 18.2 Å². The summed E-state index contributed by atoms with van der Waals surface area (Å²) in [6.45, 7) is 4.81. The molecular formula is C13H14Cl2N2O. The topological polar surface area (TPSA) is 38.1 Å². The molecule has 0 saturated carbocycles. The molecule has 0 aliphatic heterocycles. The average Bonchev–Trinajstić information content (AvgIpc) is 2.72. The average molecular weight is 285 g/mol. The minimum Gasteiger partial charge on any atom is -0.443 e. The van der Waals surface area contributed by atoms with Gasteiger partial charge in [-0.1, -0.05) is 37.0 Å². The van der Waals surface area contributed by atoms with Crippen molar-refractivity contribution in [3.63, 3.8) is 0 Å².